The molecule has 0 saturated carbocycles. The maximum absolute atomic E-state index is 11.4. The van der Waals surface area contributed by atoms with Gasteiger partial charge in [-0.15, -0.1) is 0 Å². The van der Waals surface area contributed by atoms with Crippen molar-refractivity contribution in [2.45, 2.75) is 46.1 Å². The molecule has 0 aliphatic rings. The summed E-state index contributed by atoms with van der Waals surface area (Å²) in [6.07, 6.45) is 0.805. The SMILES string of the molecule is CCCCOC(=O)CC(COC(C)=O)OC(C)=O. The number of rotatable bonds is 8. The summed E-state index contributed by atoms with van der Waals surface area (Å²) in [6.45, 7) is 4.65. The molecule has 104 valence electrons. The van der Waals surface area contributed by atoms with E-state index in [4.69, 9.17) is 14.2 Å². The fourth-order valence-electron chi connectivity index (χ4n) is 1.15. The Kier molecular flexibility index (Phi) is 8.61. The average Bonchev–Trinajstić information content (AvgIpc) is 2.25. The number of hydrogen-bond donors (Lipinski definition) is 0. The molecule has 0 fully saturated rings. The van der Waals surface area contributed by atoms with Crippen molar-refractivity contribution in [3.8, 4) is 0 Å². The first-order valence-electron chi connectivity index (χ1n) is 5.91. The van der Waals surface area contributed by atoms with Gasteiger partial charge in [-0.1, -0.05) is 13.3 Å². The number of ether oxygens (including phenoxy) is 3. The number of carbonyl (C=O) groups is 3. The highest BCUT2D eigenvalue weighted by molar-refractivity contribution is 5.71. The van der Waals surface area contributed by atoms with Crippen LogP contribution in [0.3, 0.4) is 0 Å². The van der Waals surface area contributed by atoms with Crippen molar-refractivity contribution in [1.29, 1.82) is 0 Å². The number of carbonyl (C=O) groups excluding carboxylic acids is 3. The summed E-state index contributed by atoms with van der Waals surface area (Å²) < 4.78 is 14.5. The molecule has 0 rings (SSSR count). The lowest BCUT2D eigenvalue weighted by atomic mass is 10.2. The number of unbranched alkanes of at least 4 members (excludes halogenated alkanes) is 1. The normalized spacial score (nSPS) is 11.5. The van der Waals surface area contributed by atoms with Crippen molar-refractivity contribution >= 4 is 17.9 Å². The van der Waals surface area contributed by atoms with Crippen LogP contribution in [0.1, 0.15) is 40.0 Å². The largest absolute Gasteiger partial charge is 0.466 e. The predicted molar refractivity (Wildman–Crippen MR) is 62.7 cm³/mol. The van der Waals surface area contributed by atoms with Crippen LogP contribution in [0.25, 0.3) is 0 Å². The summed E-state index contributed by atoms with van der Waals surface area (Å²) in [6, 6.07) is 0. The minimum atomic E-state index is -0.791. The fraction of sp³-hybridized carbons (Fsp3) is 0.750. The topological polar surface area (TPSA) is 78.9 Å². The molecule has 1 atom stereocenters. The van der Waals surface area contributed by atoms with Gasteiger partial charge in [-0.2, -0.15) is 0 Å². The molecule has 1 unspecified atom stereocenters. The van der Waals surface area contributed by atoms with Crippen LogP contribution < -0.4 is 0 Å². The van der Waals surface area contributed by atoms with Gasteiger partial charge in [-0.05, 0) is 6.42 Å². The van der Waals surface area contributed by atoms with Gasteiger partial charge in [0.15, 0.2) is 0 Å². The smallest absolute Gasteiger partial charge is 0.309 e. The van der Waals surface area contributed by atoms with Crippen molar-refractivity contribution in [2.75, 3.05) is 13.2 Å². The molecule has 0 heterocycles. The van der Waals surface area contributed by atoms with Crippen LogP contribution in [-0.4, -0.2) is 37.2 Å². The minimum absolute atomic E-state index is 0.115. The molecular formula is C12H20O6. The molecule has 6 heteroatoms. The van der Waals surface area contributed by atoms with Crippen molar-refractivity contribution in [3.63, 3.8) is 0 Å². The van der Waals surface area contributed by atoms with Crippen molar-refractivity contribution in [1.82, 2.24) is 0 Å². The molecule has 0 aliphatic carbocycles. The average molecular weight is 260 g/mol. The molecule has 6 nitrogen and oxygen atoms in total. The molecule has 0 aliphatic heterocycles. The highest BCUT2D eigenvalue weighted by Gasteiger charge is 2.19. The lowest BCUT2D eigenvalue weighted by Gasteiger charge is -2.15. The second-order valence-electron chi connectivity index (χ2n) is 3.81. The molecule has 0 saturated heterocycles. The Morgan fingerprint density at radius 2 is 1.72 bits per heavy atom. The van der Waals surface area contributed by atoms with Crippen LogP contribution in [0.2, 0.25) is 0 Å². The number of esters is 3. The van der Waals surface area contributed by atoms with Gasteiger partial charge in [-0.25, -0.2) is 0 Å². The zero-order valence-electron chi connectivity index (χ0n) is 11.1. The second kappa shape index (κ2) is 9.44. The molecule has 0 N–H and O–H groups in total. The van der Waals surface area contributed by atoms with Crippen LogP contribution in [0.4, 0.5) is 0 Å². The third-order valence-electron chi connectivity index (χ3n) is 1.96. The second-order valence-corrected chi connectivity index (χ2v) is 3.81. The van der Waals surface area contributed by atoms with E-state index in [2.05, 4.69) is 0 Å². The molecule has 0 amide bonds. The molecule has 0 radical (unpaired) electrons. The van der Waals surface area contributed by atoms with E-state index >= 15 is 0 Å². The summed E-state index contributed by atoms with van der Waals surface area (Å²) in [7, 11) is 0. The number of hydrogen-bond acceptors (Lipinski definition) is 6. The molecule has 0 aromatic heterocycles. The van der Waals surface area contributed by atoms with Gasteiger partial charge < -0.3 is 14.2 Å². The maximum atomic E-state index is 11.4. The summed E-state index contributed by atoms with van der Waals surface area (Å²) in [4.78, 5) is 32.9. The van der Waals surface area contributed by atoms with Crippen LogP contribution in [0.5, 0.6) is 0 Å². The Bertz CT molecular complexity index is 286. The van der Waals surface area contributed by atoms with Gasteiger partial charge >= 0.3 is 17.9 Å². The quantitative estimate of drug-likeness (QED) is 0.371. The van der Waals surface area contributed by atoms with Crippen molar-refractivity contribution in [3.05, 3.63) is 0 Å². The summed E-state index contributed by atoms with van der Waals surface area (Å²) in [5, 5.41) is 0. The van der Waals surface area contributed by atoms with E-state index in [-0.39, 0.29) is 13.0 Å². The van der Waals surface area contributed by atoms with E-state index in [1.807, 2.05) is 6.92 Å². The molecule has 0 aromatic rings. The lowest BCUT2D eigenvalue weighted by molar-refractivity contribution is -0.161. The molecule has 0 bridgehead atoms. The molecule has 0 spiro atoms. The van der Waals surface area contributed by atoms with Crippen molar-refractivity contribution in [2.24, 2.45) is 0 Å². The van der Waals surface area contributed by atoms with Crippen LogP contribution in [-0.2, 0) is 28.6 Å². The van der Waals surface area contributed by atoms with E-state index < -0.39 is 24.0 Å². The van der Waals surface area contributed by atoms with Gasteiger partial charge in [0.05, 0.1) is 13.0 Å². The third-order valence-corrected chi connectivity index (χ3v) is 1.96. The Balaban J connectivity index is 4.08. The molecule has 0 aromatic carbocycles. The highest BCUT2D eigenvalue weighted by Crippen LogP contribution is 2.03. The maximum Gasteiger partial charge on any atom is 0.309 e. The van der Waals surface area contributed by atoms with E-state index in [1.165, 1.54) is 13.8 Å². The molecular weight excluding hydrogens is 240 g/mol. The van der Waals surface area contributed by atoms with Crippen molar-refractivity contribution < 1.29 is 28.6 Å². The highest BCUT2D eigenvalue weighted by atomic mass is 16.6. The molecule has 18 heavy (non-hydrogen) atoms. The first-order chi connectivity index (χ1) is 8.45. The van der Waals surface area contributed by atoms with E-state index in [1.54, 1.807) is 0 Å². The summed E-state index contributed by atoms with van der Waals surface area (Å²) in [5.41, 5.74) is 0. The predicted octanol–water partition coefficient (Wildman–Crippen LogP) is 1.21. The summed E-state index contributed by atoms with van der Waals surface area (Å²) in [5.74, 6) is -1.50. The van der Waals surface area contributed by atoms with E-state index in [0.717, 1.165) is 12.8 Å². The van der Waals surface area contributed by atoms with E-state index in [0.29, 0.717) is 6.61 Å². The van der Waals surface area contributed by atoms with Gasteiger partial charge in [0, 0.05) is 13.8 Å². The Morgan fingerprint density at radius 3 is 2.22 bits per heavy atom. The first kappa shape index (κ1) is 16.4. The fourth-order valence-corrected chi connectivity index (χ4v) is 1.15. The Morgan fingerprint density at radius 1 is 1.06 bits per heavy atom. The van der Waals surface area contributed by atoms with Crippen LogP contribution >= 0.6 is 0 Å². The van der Waals surface area contributed by atoms with Gasteiger partial charge in [-0.3, -0.25) is 14.4 Å². The van der Waals surface area contributed by atoms with Gasteiger partial charge in [0.2, 0.25) is 0 Å². The zero-order valence-corrected chi connectivity index (χ0v) is 11.1. The van der Waals surface area contributed by atoms with Gasteiger partial charge in [0.1, 0.15) is 12.7 Å². The van der Waals surface area contributed by atoms with Crippen LogP contribution in [0, 0.1) is 0 Å². The Hall–Kier alpha value is -1.59. The zero-order chi connectivity index (χ0) is 14.0. The van der Waals surface area contributed by atoms with Crippen LogP contribution in [0.15, 0.2) is 0 Å². The lowest BCUT2D eigenvalue weighted by Crippen LogP contribution is -2.27. The third kappa shape index (κ3) is 9.62. The van der Waals surface area contributed by atoms with E-state index in [9.17, 15) is 14.4 Å². The Labute approximate surface area is 107 Å². The summed E-state index contributed by atoms with van der Waals surface area (Å²) >= 11 is 0. The monoisotopic (exact) mass is 260 g/mol. The van der Waals surface area contributed by atoms with Gasteiger partial charge in [0.25, 0.3) is 0 Å². The standard InChI is InChI=1S/C12H20O6/c1-4-5-6-16-12(15)7-11(18-10(3)14)8-17-9(2)13/h11H,4-8H2,1-3H3. The minimum Gasteiger partial charge on any atom is -0.466 e. The first-order valence-corrected chi connectivity index (χ1v) is 5.91.